The molecule has 1 aliphatic carbocycles. The summed E-state index contributed by atoms with van der Waals surface area (Å²) in [5, 5.41) is 7.33. The number of nitrogens with zero attached hydrogens (tertiary/aromatic N) is 3. The van der Waals surface area contributed by atoms with Crippen LogP contribution < -0.4 is 4.90 Å². The van der Waals surface area contributed by atoms with E-state index >= 15 is 0 Å². The van der Waals surface area contributed by atoms with Crippen molar-refractivity contribution < 1.29 is 0 Å². The maximum absolute atomic E-state index is 5.02. The Kier molecular flexibility index (Phi) is 7.96. The largest absolute Gasteiger partial charge is 0.315 e. The Morgan fingerprint density at radius 1 is 0.691 bits per heavy atom. The molecule has 7 aromatic carbocycles. The highest BCUT2D eigenvalue weighted by Crippen LogP contribution is 2.48. The van der Waals surface area contributed by atoms with Crippen LogP contribution >= 0.6 is 0 Å². The van der Waals surface area contributed by atoms with Crippen LogP contribution in [0.2, 0.25) is 0 Å². The highest BCUT2D eigenvalue weighted by molar-refractivity contribution is 6.16. The minimum atomic E-state index is 0.378. The van der Waals surface area contributed by atoms with Gasteiger partial charge in [-0.2, -0.15) is 0 Å². The molecule has 2 heterocycles. The zero-order chi connectivity index (χ0) is 37.0. The lowest BCUT2D eigenvalue weighted by Crippen LogP contribution is -2.17. The van der Waals surface area contributed by atoms with Crippen molar-refractivity contribution in [2.24, 2.45) is 10.9 Å². The van der Waals surface area contributed by atoms with Gasteiger partial charge in [0.2, 0.25) is 0 Å². The molecule has 3 heteroatoms. The van der Waals surface area contributed by atoms with Crippen LogP contribution in [0.25, 0.3) is 54.6 Å². The van der Waals surface area contributed by atoms with Crippen LogP contribution in [0, 0.1) is 5.92 Å². The SMILES string of the molecule is C=C1C2=C(C=CCC2C)/C=C\N(c2ccc3cc(CN=C(C)c4ccc5ccccc5c4)ccc3c2)c2c1ccc1c3ccccc3n(-c3ccccc3)c21. The Morgan fingerprint density at radius 2 is 1.44 bits per heavy atom. The van der Waals surface area contributed by atoms with Crippen LogP contribution in [0.5, 0.6) is 0 Å². The summed E-state index contributed by atoms with van der Waals surface area (Å²) in [5.41, 5.74) is 13.9. The zero-order valence-electron chi connectivity index (χ0n) is 31.2. The molecule has 0 N–H and O–H groups in total. The Bertz CT molecular complexity index is 2970. The average Bonchev–Trinajstić information content (AvgIpc) is 3.56. The van der Waals surface area contributed by atoms with Gasteiger partial charge >= 0.3 is 0 Å². The van der Waals surface area contributed by atoms with E-state index < -0.39 is 0 Å². The monoisotopic (exact) mass is 707 g/mol. The fourth-order valence-corrected chi connectivity index (χ4v) is 8.72. The molecule has 3 nitrogen and oxygen atoms in total. The number of aliphatic imine (C=N–C) groups is 1. The van der Waals surface area contributed by atoms with Gasteiger partial charge in [-0.05, 0) is 117 Å². The van der Waals surface area contributed by atoms with Gasteiger partial charge in [0.1, 0.15) is 0 Å². The molecule has 0 amide bonds. The van der Waals surface area contributed by atoms with E-state index in [0.29, 0.717) is 12.5 Å². The van der Waals surface area contributed by atoms with Gasteiger partial charge in [0.05, 0.1) is 23.3 Å². The van der Waals surface area contributed by atoms with Crippen LogP contribution in [-0.2, 0) is 6.54 Å². The number of para-hydroxylation sites is 2. The predicted molar refractivity (Wildman–Crippen MR) is 235 cm³/mol. The normalized spacial score (nSPS) is 16.5. The predicted octanol–water partition coefficient (Wildman–Crippen LogP) is 13.7. The number of benzene rings is 7. The maximum Gasteiger partial charge on any atom is 0.0788 e. The zero-order valence-corrected chi connectivity index (χ0v) is 31.2. The van der Waals surface area contributed by atoms with Gasteiger partial charge < -0.3 is 9.47 Å². The molecule has 0 radical (unpaired) electrons. The molecule has 1 unspecified atom stereocenters. The molecular formula is C52H41N3. The van der Waals surface area contributed by atoms with E-state index in [1.54, 1.807) is 0 Å². The van der Waals surface area contributed by atoms with Crippen molar-refractivity contribution in [2.75, 3.05) is 4.90 Å². The first-order chi connectivity index (χ1) is 27.0. The first-order valence-corrected chi connectivity index (χ1v) is 19.2. The third-order valence-corrected chi connectivity index (χ3v) is 11.5. The lowest BCUT2D eigenvalue weighted by atomic mass is 9.80. The van der Waals surface area contributed by atoms with Crippen molar-refractivity contribution in [3.05, 3.63) is 204 Å². The minimum absolute atomic E-state index is 0.378. The molecule has 1 aromatic heterocycles. The highest BCUT2D eigenvalue weighted by Gasteiger charge is 2.28. The molecule has 1 aliphatic heterocycles. The number of hydrogen-bond acceptors (Lipinski definition) is 2. The topological polar surface area (TPSA) is 20.5 Å². The van der Waals surface area contributed by atoms with Crippen LogP contribution in [-0.4, -0.2) is 10.3 Å². The van der Waals surface area contributed by atoms with E-state index in [1.807, 2.05) is 0 Å². The summed E-state index contributed by atoms with van der Waals surface area (Å²) in [7, 11) is 0. The van der Waals surface area contributed by atoms with Crippen molar-refractivity contribution >= 4 is 66.0 Å². The molecule has 0 saturated heterocycles. The molecular weight excluding hydrogens is 667 g/mol. The maximum atomic E-state index is 5.02. The van der Waals surface area contributed by atoms with E-state index in [9.17, 15) is 0 Å². The van der Waals surface area contributed by atoms with Gasteiger partial charge in [-0.15, -0.1) is 0 Å². The van der Waals surface area contributed by atoms with Gasteiger partial charge in [0.15, 0.2) is 0 Å². The van der Waals surface area contributed by atoms with Crippen molar-refractivity contribution in [1.82, 2.24) is 4.57 Å². The fraction of sp³-hybridized carbons (Fsp3) is 0.0962. The second-order valence-corrected chi connectivity index (χ2v) is 14.9. The lowest BCUT2D eigenvalue weighted by molar-refractivity contribution is 0.703. The molecule has 2 aliphatic rings. The van der Waals surface area contributed by atoms with E-state index in [0.717, 1.165) is 45.9 Å². The van der Waals surface area contributed by atoms with Crippen LogP contribution in [0.15, 0.2) is 193 Å². The second kappa shape index (κ2) is 13.3. The molecule has 8 aromatic rings. The van der Waals surface area contributed by atoms with Gasteiger partial charge in [0.25, 0.3) is 0 Å². The molecule has 10 rings (SSSR count). The van der Waals surface area contributed by atoms with Crippen LogP contribution in [0.3, 0.4) is 0 Å². The Hall–Kier alpha value is -6.71. The second-order valence-electron chi connectivity index (χ2n) is 14.9. The standard InChI is InChI=1S/C52H41N3/c1-34-12-11-15-39-28-29-54(45-25-24-42-30-37(20-21-43(42)32-45)33-53-36(3)40-23-22-38-13-7-8-14-41(38)31-40)51-46(35(2)50(34)39)26-27-48-47-18-9-10-19-49(47)55(52(48)51)44-16-5-4-6-17-44/h4-11,13-32,34H,2,12,33H2,1,3H3/b29-28-,53-36?. The van der Waals surface area contributed by atoms with E-state index in [2.05, 4.69) is 193 Å². The molecule has 1 atom stereocenters. The van der Waals surface area contributed by atoms with Gasteiger partial charge in [-0.3, -0.25) is 4.99 Å². The van der Waals surface area contributed by atoms with Crippen molar-refractivity contribution in [2.45, 2.75) is 26.8 Å². The summed E-state index contributed by atoms with van der Waals surface area (Å²) in [6.45, 7) is 9.90. The third-order valence-electron chi connectivity index (χ3n) is 11.5. The highest BCUT2D eigenvalue weighted by atomic mass is 15.1. The molecule has 0 saturated carbocycles. The molecule has 55 heavy (non-hydrogen) atoms. The number of hydrogen-bond donors (Lipinski definition) is 0. The number of anilines is 2. The minimum Gasteiger partial charge on any atom is -0.315 e. The Morgan fingerprint density at radius 3 is 2.33 bits per heavy atom. The van der Waals surface area contributed by atoms with Crippen molar-refractivity contribution in [1.29, 1.82) is 0 Å². The van der Waals surface area contributed by atoms with E-state index in [1.165, 1.54) is 60.1 Å². The smallest absolute Gasteiger partial charge is 0.0788 e. The van der Waals surface area contributed by atoms with Gasteiger partial charge in [-0.25, -0.2) is 0 Å². The van der Waals surface area contributed by atoms with E-state index in [4.69, 9.17) is 11.6 Å². The molecule has 0 bridgehead atoms. The van der Waals surface area contributed by atoms with E-state index in [-0.39, 0.29) is 0 Å². The summed E-state index contributed by atoms with van der Waals surface area (Å²) >= 11 is 0. The van der Waals surface area contributed by atoms with Crippen molar-refractivity contribution in [3.8, 4) is 5.69 Å². The summed E-state index contributed by atoms with van der Waals surface area (Å²) in [5.74, 6) is 0.378. The number of rotatable bonds is 5. The Balaban J connectivity index is 1.11. The lowest BCUT2D eigenvalue weighted by Gasteiger charge is -2.32. The van der Waals surface area contributed by atoms with Crippen molar-refractivity contribution in [3.63, 3.8) is 0 Å². The van der Waals surface area contributed by atoms with Crippen LogP contribution in [0.1, 0.15) is 37.0 Å². The number of allylic oxidation sites excluding steroid dienone is 6. The summed E-state index contributed by atoms with van der Waals surface area (Å²) in [6, 6.07) is 52.8. The molecule has 0 fully saturated rings. The molecule has 0 spiro atoms. The fourth-order valence-electron chi connectivity index (χ4n) is 8.72. The summed E-state index contributed by atoms with van der Waals surface area (Å²) in [6.07, 6.45) is 10.1. The van der Waals surface area contributed by atoms with Gasteiger partial charge in [0, 0.05) is 39.6 Å². The Labute approximate surface area is 322 Å². The third kappa shape index (κ3) is 5.63. The van der Waals surface area contributed by atoms with Crippen LogP contribution in [0.4, 0.5) is 11.4 Å². The average molecular weight is 708 g/mol. The first-order valence-electron chi connectivity index (χ1n) is 19.2. The number of aromatic nitrogens is 1. The summed E-state index contributed by atoms with van der Waals surface area (Å²) in [4.78, 5) is 7.41. The van der Waals surface area contributed by atoms with Gasteiger partial charge in [-0.1, -0.05) is 129 Å². The number of fused-ring (bicyclic) bond motifs is 7. The summed E-state index contributed by atoms with van der Waals surface area (Å²) < 4.78 is 2.44. The first kappa shape index (κ1) is 32.9. The molecule has 264 valence electrons. The quantitative estimate of drug-likeness (QED) is 0.163.